The van der Waals surface area contributed by atoms with Crippen molar-refractivity contribution in [3.63, 3.8) is 0 Å². The standard InChI is InChI=1S/C13H23NO4/c1-2-17-13(15)12(14-10-5-6-10)9-16-8-11-4-3-7-18-11/h10-12,14H,2-9H2,1H3. The molecule has 1 saturated carbocycles. The molecule has 1 N–H and O–H groups in total. The van der Waals surface area contributed by atoms with E-state index in [0.29, 0.717) is 25.9 Å². The summed E-state index contributed by atoms with van der Waals surface area (Å²) in [4.78, 5) is 11.7. The Morgan fingerprint density at radius 1 is 1.44 bits per heavy atom. The Labute approximate surface area is 108 Å². The molecular weight excluding hydrogens is 234 g/mol. The van der Waals surface area contributed by atoms with E-state index in [1.807, 2.05) is 6.92 Å². The van der Waals surface area contributed by atoms with Gasteiger partial charge in [0.15, 0.2) is 0 Å². The summed E-state index contributed by atoms with van der Waals surface area (Å²) in [5, 5.41) is 3.26. The van der Waals surface area contributed by atoms with Gasteiger partial charge in [-0.3, -0.25) is 10.1 Å². The van der Waals surface area contributed by atoms with Crippen LogP contribution < -0.4 is 5.32 Å². The van der Waals surface area contributed by atoms with Crippen LogP contribution >= 0.6 is 0 Å². The van der Waals surface area contributed by atoms with Crippen LogP contribution in [0.15, 0.2) is 0 Å². The van der Waals surface area contributed by atoms with Crippen LogP contribution in [0.5, 0.6) is 0 Å². The molecule has 0 bridgehead atoms. The number of ether oxygens (including phenoxy) is 3. The first-order valence-corrected chi connectivity index (χ1v) is 6.91. The van der Waals surface area contributed by atoms with Crippen molar-refractivity contribution >= 4 is 5.97 Å². The molecule has 18 heavy (non-hydrogen) atoms. The van der Waals surface area contributed by atoms with Crippen LogP contribution in [0, 0.1) is 0 Å². The minimum Gasteiger partial charge on any atom is -0.465 e. The summed E-state index contributed by atoms with van der Waals surface area (Å²) < 4.78 is 16.1. The van der Waals surface area contributed by atoms with Gasteiger partial charge in [-0.25, -0.2) is 0 Å². The Kier molecular flexibility index (Phi) is 5.41. The summed E-state index contributed by atoms with van der Waals surface area (Å²) in [7, 11) is 0. The van der Waals surface area contributed by atoms with Crippen molar-refractivity contribution < 1.29 is 19.0 Å². The van der Waals surface area contributed by atoms with Gasteiger partial charge in [0.2, 0.25) is 0 Å². The molecule has 1 heterocycles. The normalized spacial score (nSPS) is 25.1. The molecule has 0 amide bonds. The van der Waals surface area contributed by atoms with Crippen LogP contribution in [0.4, 0.5) is 0 Å². The highest BCUT2D eigenvalue weighted by molar-refractivity contribution is 5.76. The first-order valence-electron chi connectivity index (χ1n) is 6.91. The summed E-state index contributed by atoms with van der Waals surface area (Å²) in [6, 6.07) is 0.129. The summed E-state index contributed by atoms with van der Waals surface area (Å²) in [5.74, 6) is -0.211. The average molecular weight is 257 g/mol. The molecule has 0 aromatic carbocycles. The first-order chi connectivity index (χ1) is 8.79. The van der Waals surface area contributed by atoms with Crippen molar-refractivity contribution in [2.45, 2.75) is 50.8 Å². The maximum Gasteiger partial charge on any atom is 0.325 e. The van der Waals surface area contributed by atoms with Crippen LogP contribution in [0.3, 0.4) is 0 Å². The van der Waals surface area contributed by atoms with Gasteiger partial charge < -0.3 is 14.2 Å². The van der Waals surface area contributed by atoms with Crippen molar-refractivity contribution in [3.8, 4) is 0 Å². The van der Waals surface area contributed by atoms with Crippen LogP contribution in [-0.2, 0) is 19.0 Å². The van der Waals surface area contributed by atoms with Crippen molar-refractivity contribution in [1.29, 1.82) is 0 Å². The number of hydrogen-bond acceptors (Lipinski definition) is 5. The fourth-order valence-electron chi connectivity index (χ4n) is 2.05. The van der Waals surface area contributed by atoms with Crippen molar-refractivity contribution in [1.82, 2.24) is 5.32 Å². The lowest BCUT2D eigenvalue weighted by Crippen LogP contribution is -2.43. The van der Waals surface area contributed by atoms with Gasteiger partial charge in [-0.1, -0.05) is 0 Å². The summed E-state index contributed by atoms with van der Waals surface area (Å²) in [5.41, 5.74) is 0. The van der Waals surface area contributed by atoms with Gasteiger partial charge in [-0.05, 0) is 32.6 Å². The van der Waals surface area contributed by atoms with Crippen molar-refractivity contribution in [2.24, 2.45) is 0 Å². The predicted octanol–water partition coefficient (Wildman–Crippen LogP) is 0.866. The Hall–Kier alpha value is -0.650. The third kappa shape index (κ3) is 4.55. The monoisotopic (exact) mass is 257 g/mol. The fraction of sp³-hybridized carbons (Fsp3) is 0.923. The van der Waals surface area contributed by atoms with Crippen LogP contribution in [0.2, 0.25) is 0 Å². The molecule has 104 valence electrons. The highest BCUT2D eigenvalue weighted by atomic mass is 16.5. The number of carbonyl (C=O) groups excluding carboxylic acids is 1. The minimum atomic E-state index is -0.334. The predicted molar refractivity (Wildman–Crippen MR) is 66.4 cm³/mol. The summed E-state index contributed by atoms with van der Waals surface area (Å²) in [6.45, 7) is 4.00. The van der Waals surface area contributed by atoms with E-state index in [0.717, 1.165) is 32.3 Å². The molecule has 2 rings (SSSR count). The highest BCUT2D eigenvalue weighted by Gasteiger charge is 2.29. The molecule has 2 atom stereocenters. The molecule has 0 aromatic heterocycles. The zero-order valence-electron chi connectivity index (χ0n) is 11.0. The molecule has 1 aliphatic carbocycles. The van der Waals surface area contributed by atoms with Crippen LogP contribution in [0.1, 0.15) is 32.6 Å². The summed E-state index contributed by atoms with van der Waals surface area (Å²) in [6.07, 6.45) is 4.65. The second-order valence-corrected chi connectivity index (χ2v) is 4.92. The number of nitrogens with one attached hydrogen (secondary N) is 1. The maximum absolute atomic E-state index is 11.7. The van der Waals surface area contributed by atoms with Crippen molar-refractivity contribution in [2.75, 3.05) is 26.4 Å². The molecule has 2 unspecified atom stereocenters. The fourth-order valence-corrected chi connectivity index (χ4v) is 2.05. The molecule has 2 fully saturated rings. The van der Waals surface area contributed by atoms with Crippen molar-refractivity contribution in [3.05, 3.63) is 0 Å². The van der Waals surface area contributed by atoms with E-state index < -0.39 is 0 Å². The largest absolute Gasteiger partial charge is 0.465 e. The molecule has 0 spiro atoms. The van der Waals surface area contributed by atoms with Crippen LogP contribution in [-0.4, -0.2) is 50.6 Å². The van der Waals surface area contributed by atoms with Gasteiger partial charge in [0.25, 0.3) is 0 Å². The van der Waals surface area contributed by atoms with Gasteiger partial charge in [0.1, 0.15) is 6.04 Å². The maximum atomic E-state index is 11.7. The molecule has 2 aliphatic rings. The van der Waals surface area contributed by atoms with E-state index in [9.17, 15) is 4.79 Å². The first kappa shape index (κ1) is 13.8. The quantitative estimate of drug-likeness (QED) is 0.654. The molecule has 5 nitrogen and oxygen atoms in total. The Balaban J connectivity index is 1.67. The Bertz CT molecular complexity index is 262. The summed E-state index contributed by atoms with van der Waals surface area (Å²) >= 11 is 0. The van der Waals surface area contributed by atoms with Crippen LogP contribution in [0.25, 0.3) is 0 Å². The Morgan fingerprint density at radius 2 is 2.28 bits per heavy atom. The second-order valence-electron chi connectivity index (χ2n) is 4.92. The number of carbonyl (C=O) groups is 1. The molecule has 1 saturated heterocycles. The number of esters is 1. The van der Waals surface area contributed by atoms with E-state index in [1.54, 1.807) is 0 Å². The third-order valence-corrected chi connectivity index (χ3v) is 3.20. The number of hydrogen-bond donors (Lipinski definition) is 1. The topological polar surface area (TPSA) is 56.8 Å². The molecular formula is C13H23NO4. The van der Waals surface area contributed by atoms with E-state index in [1.165, 1.54) is 0 Å². The lowest BCUT2D eigenvalue weighted by Gasteiger charge is -2.18. The van der Waals surface area contributed by atoms with E-state index in [-0.39, 0.29) is 18.1 Å². The van der Waals surface area contributed by atoms with Gasteiger partial charge >= 0.3 is 5.97 Å². The zero-order chi connectivity index (χ0) is 12.8. The van der Waals surface area contributed by atoms with Gasteiger partial charge in [0, 0.05) is 12.6 Å². The molecule has 1 aliphatic heterocycles. The lowest BCUT2D eigenvalue weighted by molar-refractivity contribution is -0.147. The number of rotatable bonds is 8. The van der Waals surface area contributed by atoms with E-state index in [4.69, 9.17) is 14.2 Å². The van der Waals surface area contributed by atoms with Gasteiger partial charge in [0.05, 0.1) is 25.9 Å². The molecule has 0 radical (unpaired) electrons. The van der Waals surface area contributed by atoms with Gasteiger partial charge in [-0.15, -0.1) is 0 Å². The molecule has 5 heteroatoms. The lowest BCUT2D eigenvalue weighted by atomic mass is 10.2. The minimum absolute atomic E-state index is 0.203. The third-order valence-electron chi connectivity index (χ3n) is 3.20. The zero-order valence-corrected chi connectivity index (χ0v) is 11.0. The SMILES string of the molecule is CCOC(=O)C(COCC1CCCO1)NC1CC1. The highest BCUT2D eigenvalue weighted by Crippen LogP contribution is 2.20. The van der Waals surface area contributed by atoms with E-state index >= 15 is 0 Å². The van der Waals surface area contributed by atoms with Gasteiger partial charge in [-0.2, -0.15) is 0 Å². The Morgan fingerprint density at radius 3 is 2.89 bits per heavy atom. The van der Waals surface area contributed by atoms with E-state index in [2.05, 4.69) is 5.32 Å². The second kappa shape index (κ2) is 7.07. The smallest absolute Gasteiger partial charge is 0.325 e. The molecule has 0 aromatic rings. The average Bonchev–Trinajstić information content (AvgIpc) is 3.02.